The van der Waals surface area contributed by atoms with Crippen molar-refractivity contribution in [2.24, 2.45) is 16.8 Å². The van der Waals surface area contributed by atoms with Gasteiger partial charge in [0.15, 0.2) is 0 Å². The van der Waals surface area contributed by atoms with E-state index in [1.165, 1.54) is 42.7 Å². The van der Waals surface area contributed by atoms with Crippen molar-refractivity contribution in [2.75, 3.05) is 24.7 Å². The third kappa shape index (κ3) is 5.42. The molecule has 8 nitrogen and oxygen atoms in total. The molecule has 1 N–H and O–H groups in total. The van der Waals surface area contributed by atoms with Crippen molar-refractivity contribution in [3.8, 4) is 28.5 Å². The Kier molecular flexibility index (Phi) is 7.62. The van der Waals surface area contributed by atoms with Crippen molar-refractivity contribution >= 4 is 49.4 Å². The van der Waals surface area contributed by atoms with E-state index in [2.05, 4.69) is 25.2 Å². The Morgan fingerprint density at radius 2 is 1.87 bits per heavy atom. The van der Waals surface area contributed by atoms with Crippen LogP contribution in [0.3, 0.4) is 0 Å². The van der Waals surface area contributed by atoms with Crippen LogP contribution in [0.4, 0.5) is 10.1 Å². The second-order valence-corrected chi connectivity index (χ2v) is 14.8. The fourth-order valence-corrected chi connectivity index (χ4v) is 7.79. The number of amides is 1. The molecule has 0 saturated heterocycles. The molecule has 3 atom stereocenters. The van der Waals surface area contributed by atoms with Crippen molar-refractivity contribution in [3.05, 3.63) is 88.6 Å². The Labute approximate surface area is 265 Å². The molecule has 1 aliphatic carbocycles. The number of nitriles is 1. The standard InChI is InChI=1S/C34H31FN4O4S2/c1-19-17-34(2)29(14-23(19)18-36)44-33(38-34)22-8-6-7-21(13-22)25-15-26-28(16-27(25)39(4)45(5,41)42)43-31(30(26)32(40)37-3)20-9-11-24(35)12-10-20/h6-16,19,23H,17H2,1-5H3,(H,37,40). The van der Waals surface area contributed by atoms with Gasteiger partial charge in [0, 0.05) is 47.1 Å². The van der Waals surface area contributed by atoms with Crippen LogP contribution in [0.2, 0.25) is 0 Å². The van der Waals surface area contributed by atoms with Gasteiger partial charge in [0.2, 0.25) is 10.0 Å². The van der Waals surface area contributed by atoms with E-state index in [9.17, 15) is 22.9 Å². The molecule has 0 bridgehead atoms. The number of furan rings is 1. The van der Waals surface area contributed by atoms with Crippen LogP contribution in [-0.4, -0.2) is 45.3 Å². The van der Waals surface area contributed by atoms with Crippen molar-refractivity contribution in [2.45, 2.75) is 25.8 Å². The molecule has 0 saturated carbocycles. The Morgan fingerprint density at radius 1 is 1.16 bits per heavy atom. The summed E-state index contributed by atoms with van der Waals surface area (Å²) in [5.41, 5.74) is 3.16. The van der Waals surface area contributed by atoms with Crippen molar-refractivity contribution < 1.29 is 22.0 Å². The van der Waals surface area contributed by atoms with Crippen LogP contribution in [0.15, 0.2) is 81.1 Å². The number of hydrogen-bond donors (Lipinski definition) is 1. The predicted octanol–water partition coefficient (Wildman–Crippen LogP) is 6.98. The van der Waals surface area contributed by atoms with Crippen molar-refractivity contribution in [3.63, 3.8) is 0 Å². The van der Waals surface area contributed by atoms with Gasteiger partial charge in [-0.2, -0.15) is 5.26 Å². The van der Waals surface area contributed by atoms with Crippen molar-refractivity contribution in [1.82, 2.24) is 5.32 Å². The first-order valence-electron chi connectivity index (χ1n) is 14.4. The first-order valence-corrected chi connectivity index (χ1v) is 17.0. The van der Waals surface area contributed by atoms with Crippen LogP contribution >= 0.6 is 11.8 Å². The topological polar surface area (TPSA) is 116 Å². The SMILES string of the molecule is CNC(=O)c1c(-c2ccc(F)cc2)oc2cc(N(C)S(C)(=O)=O)c(-c3cccc(C4=NC5(C)CC(C)C(C#N)C=C5S4)c3)cc12. The zero-order valence-corrected chi connectivity index (χ0v) is 27.0. The second kappa shape index (κ2) is 11.2. The Hall–Kier alpha value is -4.40. The summed E-state index contributed by atoms with van der Waals surface area (Å²) in [7, 11) is -0.708. The summed E-state index contributed by atoms with van der Waals surface area (Å²) in [6.45, 7) is 4.17. The number of carbonyl (C=O) groups is 1. The zero-order chi connectivity index (χ0) is 32.3. The number of allylic oxidation sites excluding steroid dienone is 1. The molecule has 11 heteroatoms. The number of fused-ring (bicyclic) bond motifs is 2. The molecular formula is C34H31FN4O4S2. The number of anilines is 1. The van der Waals surface area contributed by atoms with Gasteiger partial charge in [0.25, 0.3) is 5.91 Å². The lowest BCUT2D eigenvalue weighted by molar-refractivity contribution is 0.0964. The number of aliphatic imine (C=N–C) groups is 1. The Balaban J connectivity index is 1.54. The van der Waals surface area contributed by atoms with Crippen LogP contribution in [0.5, 0.6) is 0 Å². The maximum Gasteiger partial charge on any atom is 0.255 e. The summed E-state index contributed by atoms with van der Waals surface area (Å²) in [6.07, 6.45) is 3.92. The number of nitrogens with one attached hydrogen (secondary N) is 1. The molecule has 4 aromatic rings. The highest BCUT2D eigenvalue weighted by Crippen LogP contribution is 2.50. The molecule has 3 aromatic carbocycles. The minimum Gasteiger partial charge on any atom is -0.455 e. The maximum absolute atomic E-state index is 13.7. The highest BCUT2D eigenvalue weighted by atomic mass is 32.2. The zero-order valence-electron chi connectivity index (χ0n) is 25.4. The molecule has 1 aromatic heterocycles. The van der Waals surface area contributed by atoms with Gasteiger partial charge in [-0.05, 0) is 61.2 Å². The monoisotopic (exact) mass is 642 g/mol. The van der Waals surface area contributed by atoms with E-state index in [0.29, 0.717) is 33.3 Å². The number of sulfonamides is 1. The van der Waals surface area contributed by atoms with Crippen LogP contribution in [-0.2, 0) is 10.0 Å². The lowest BCUT2D eigenvalue weighted by Gasteiger charge is -2.32. The van der Waals surface area contributed by atoms with Crippen LogP contribution < -0.4 is 9.62 Å². The lowest BCUT2D eigenvalue weighted by atomic mass is 9.77. The van der Waals surface area contributed by atoms with Crippen LogP contribution in [0, 0.1) is 29.0 Å². The molecule has 2 aliphatic rings. The number of hydrogen-bond acceptors (Lipinski definition) is 7. The quantitative estimate of drug-likeness (QED) is 0.243. The van der Waals surface area contributed by atoms with Gasteiger partial charge in [-0.15, -0.1) is 0 Å². The molecule has 0 radical (unpaired) electrons. The molecular weight excluding hydrogens is 612 g/mol. The lowest BCUT2D eigenvalue weighted by Crippen LogP contribution is -2.31. The van der Waals surface area contributed by atoms with Gasteiger partial charge in [0.1, 0.15) is 22.2 Å². The highest BCUT2D eigenvalue weighted by molar-refractivity contribution is 8.18. The Bertz CT molecular complexity index is 2080. The van der Waals surface area contributed by atoms with Gasteiger partial charge in [-0.1, -0.05) is 43.0 Å². The molecule has 6 rings (SSSR count). The third-order valence-electron chi connectivity index (χ3n) is 8.52. The van der Waals surface area contributed by atoms with E-state index in [1.54, 1.807) is 23.9 Å². The fourth-order valence-electron chi connectivity index (χ4n) is 6.02. The molecule has 0 fully saturated rings. The van der Waals surface area contributed by atoms with Gasteiger partial charge < -0.3 is 9.73 Å². The largest absolute Gasteiger partial charge is 0.455 e. The summed E-state index contributed by atoms with van der Waals surface area (Å²) in [4.78, 5) is 19.4. The van der Waals surface area contributed by atoms with Gasteiger partial charge in [-0.3, -0.25) is 14.1 Å². The summed E-state index contributed by atoms with van der Waals surface area (Å²) >= 11 is 1.56. The minimum atomic E-state index is -3.69. The van der Waals surface area contributed by atoms with Crippen LogP contribution in [0.25, 0.3) is 33.4 Å². The maximum atomic E-state index is 13.7. The number of halogens is 1. The number of thioether (sulfide) groups is 1. The third-order valence-corrected chi connectivity index (χ3v) is 11.0. The van der Waals surface area contributed by atoms with Gasteiger partial charge in [0.05, 0.1) is 35.0 Å². The number of nitrogens with zero attached hydrogens (tertiary/aromatic N) is 3. The molecule has 3 unspecified atom stereocenters. The smallest absolute Gasteiger partial charge is 0.255 e. The van der Waals surface area contributed by atoms with E-state index in [-0.39, 0.29) is 23.2 Å². The van der Waals surface area contributed by atoms with E-state index in [0.717, 1.165) is 28.2 Å². The fraction of sp³-hybridized carbons (Fsp3) is 0.265. The van der Waals surface area contributed by atoms with Gasteiger partial charge in [-0.25, -0.2) is 12.8 Å². The minimum absolute atomic E-state index is 0.161. The summed E-state index contributed by atoms with van der Waals surface area (Å²) < 4.78 is 46.7. The normalized spacial score (nSPS) is 21.1. The molecule has 230 valence electrons. The second-order valence-electron chi connectivity index (χ2n) is 11.7. The molecule has 1 aliphatic heterocycles. The number of benzene rings is 3. The highest BCUT2D eigenvalue weighted by Gasteiger charge is 2.42. The number of carbonyl (C=O) groups excluding carboxylic acids is 1. The molecule has 0 spiro atoms. The average Bonchev–Trinajstić information content (AvgIpc) is 3.56. The molecule has 1 amide bonds. The molecule has 45 heavy (non-hydrogen) atoms. The average molecular weight is 643 g/mol. The van der Waals surface area contributed by atoms with E-state index in [1.807, 2.05) is 30.3 Å². The van der Waals surface area contributed by atoms with Gasteiger partial charge >= 0.3 is 0 Å². The first kappa shape index (κ1) is 30.6. The van der Waals surface area contributed by atoms with E-state index in [4.69, 9.17) is 9.41 Å². The van der Waals surface area contributed by atoms with E-state index < -0.39 is 27.3 Å². The predicted molar refractivity (Wildman–Crippen MR) is 177 cm³/mol. The van der Waals surface area contributed by atoms with Crippen molar-refractivity contribution in [1.29, 1.82) is 5.26 Å². The summed E-state index contributed by atoms with van der Waals surface area (Å²) in [6, 6.07) is 19.1. The molecule has 2 heterocycles. The summed E-state index contributed by atoms with van der Waals surface area (Å²) in [5.74, 6) is -0.559. The van der Waals surface area contributed by atoms with Crippen LogP contribution in [0.1, 0.15) is 36.2 Å². The summed E-state index contributed by atoms with van der Waals surface area (Å²) in [5, 5.41) is 13.6. The number of rotatable bonds is 6. The first-order chi connectivity index (χ1) is 21.3. The van der Waals surface area contributed by atoms with E-state index >= 15 is 0 Å². The Morgan fingerprint density at radius 3 is 2.53 bits per heavy atom.